The van der Waals surface area contributed by atoms with Gasteiger partial charge < -0.3 is 10.6 Å². The van der Waals surface area contributed by atoms with Gasteiger partial charge in [-0.15, -0.1) is 5.10 Å². The molecule has 1 unspecified atom stereocenters. The molecule has 1 fully saturated rings. The van der Waals surface area contributed by atoms with Gasteiger partial charge in [0.1, 0.15) is 5.82 Å². The van der Waals surface area contributed by atoms with Crippen molar-refractivity contribution >= 4 is 33.4 Å². The minimum atomic E-state index is -3.61. The Bertz CT molecular complexity index is 1660. The number of aromatic amines is 1. The number of amides is 3. The average molecular weight is 592 g/mol. The molecule has 3 aromatic carbocycles. The van der Waals surface area contributed by atoms with E-state index in [-0.39, 0.29) is 16.5 Å². The third kappa shape index (κ3) is 6.97. The van der Waals surface area contributed by atoms with Crippen LogP contribution in [0.3, 0.4) is 0 Å². The molecule has 3 amide bonds. The topological polar surface area (TPSA) is 159 Å². The predicted octanol–water partition coefficient (Wildman–Crippen LogP) is 4.95. The second-order valence-corrected chi connectivity index (χ2v) is 12.3. The van der Waals surface area contributed by atoms with Gasteiger partial charge in [-0.25, -0.2) is 17.6 Å². The van der Waals surface area contributed by atoms with Crippen LogP contribution in [-0.2, 0) is 9.84 Å². The molecule has 1 aliphatic rings. The molecule has 1 aromatic heterocycles. The lowest BCUT2D eigenvalue weighted by Gasteiger charge is -2.24. The van der Waals surface area contributed by atoms with Gasteiger partial charge in [-0.05, 0) is 71.0 Å². The Hall–Kier alpha value is -4.65. The number of rotatable bonds is 8. The number of benzene rings is 3. The monoisotopic (exact) mass is 591 g/mol. The quantitative estimate of drug-likeness (QED) is 0.211. The fourth-order valence-electron chi connectivity index (χ4n) is 5.09. The number of tetrazole rings is 1. The summed E-state index contributed by atoms with van der Waals surface area (Å²) in [4.78, 5) is 25.6. The highest BCUT2D eigenvalue weighted by Crippen LogP contribution is 2.34. The second kappa shape index (κ2) is 12.5. The van der Waals surface area contributed by atoms with Crippen molar-refractivity contribution in [3.8, 4) is 0 Å². The zero-order valence-electron chi connectivity index (χ0n) is 22.8. The van der Waals surface area contributed by atoms with Crippen molar-refractivity contribution in [1.29, 1.82) is 0 Å². The summed E-state index contributed by atoms with van der Waals surface area (Å²) in [5, 5.41) is 20.9. The molecule has 1 heterocycles. The Morgan fingerprint density at radius 2 is 1.60 bits per heavy atom. The summed E-state index contributed by atoms with van der Waals surface area (Å²) >= 11 is 0. The fraction of sp³-hybridized carbons (Fsp3) is 0.276. The van der Waals surface area contributed by atoms with E-state index >= 15 is 0 Å². The zero-order chi connectivity index (χ0) is 29.7. The highest BCUT2D eigenvalue weighted by Gasteiger charge is 2.21. The van der Waals surface area contributed by atoms with Gasteiger partial charge in [-0.3, -0.25) is 10.1 Å². The lowest BCUT2D eigenvalue weighted by molar-refractivity contribution is 0.102. The summed E-state index contributed by atoms with van der Waals surface area (Å²) in [5.74, 6) is -0.679. The van der Waals surface area contributed by atoms with Crippen LogP contribution >= 0.6 is 0 Å². The highest BCUT2D eigenvalue weighted by molar-refractivity contribution is 7.90. The minimum Gasteiger partial charge on any atom is -0.327 e. The second-order valence-electron chi connectivity index (χ2n) is 10.3. The smallest absolute Gasteiger partial charge is 0.320 e. The predicted molar refractivity (Wildman–Crippen MR) is 154 cm³/mol. The Morgan fingerprint density at radius 3 is 2.21 bits per heavy atom. The molecule has 5 rings (SSSR count). The number of anilines is 2. The highest BCUT2D eigenvalue weighted by atomic mass is 32.2. The minimum absolute atomic E-state index is 0.0329. The largest absolute Gasteiger partial charge is 0.327 e. The molecular formula is C29H30FN7O4S. The summed E-state index contributed by atoms with van der Waals surface area (Å²) in [6.45, 7) is 0. The molecule has 218 valence electrons. The lowest BCUT2D eigenvalue weighted by Crippen LogP contribution is -2.33. The molecule has 1 saturated carbocycles. The summed E-state index contributed by atoms with van der Waals surface area (Å²) in [5.41, 5.74) is 2.75. The van der Waals surface area contributed by atoms with Crippen LogP contribution in [0, 0.1) is 5.82 Å². The Morgan fingerprint density at radius 1 is 0.929 bits per heavy atom. The number of aromatic nitrogens is 4. The number of nitrogens with zero attached hydrogens (tertiary/aromatic N) is 3. The first-order valence-corrected chi connectivity index (χ1v) is 15.4. The van der Waals surface area contributed by atoms with Crippen molar-refractivity contribution in [2.45, 2.75) is 49.0 Å². The van der Waals surface area contributed by atoms with Crippen molar-refractivity contribution < 1.29 is 22.4 Å². The molecule has 0 aliphatic heterocycles. The van der Waals surface area contributed by atoms with Crippen molar-refractivity contribution in [1.82, 2.24) is 25.9 Å². The van der Waals surface area contributed by atoms with Gasteiger partial charge in [0, 0.05) is 11.8 Å². The molecule has 0 saturated heterocycles. The number of sulfone groups is 1. The van der Waals surface area contributed by atoms with Crippen molar-refractivity contribution in [3.63, 3.8) is 0 Å². The molecule has 1 atom stereocenters. The molecule has 1 aliphatic carbocycles. The normalized spacial score (nSPS) is 14.6. The van der Waals surface area contributed by atoms with Crippen molar-refractivity contribution in [2.24, 2.45) is 0 Å². The number of carbonyl (C=O) groups is 2. The number of H-pyrrole nitrogens is 1. The number of hydrogen-bond donors (Lipinski definition) is 4. The third-order valence-electron chi connectivity index (χ3n) is 7.31. The molecule has 0 bridgehead atoms. The first kappa shape index (κ1) is 28.9. The van der Waals surface area contributed by atoms with Gasteiger partial charge >= 0.3 is 6.03 Å². The number of nitrogens with one attached hydrogen (secondary N) is 4. The van der Waals surface area contributed by atoms with Crippen LogP contribution in [-0.4, -0.2) is 47.2 Å². The van der Waals surface area contributed by atoms with Crippen molar-refractivity contribution in [3.05, 3.63) is 94.8 Å². The fourth-order valence-corrected chi connectivity index (χ4v) is 5.74. The average Bonchev–Trinajstić information content (AvgIpc) is 3.50. The van der Waals surface area contributed by atoms with Crippen LogP contribution in [0.2, 0.25) is 0 Å². The maximum Gasteiger partial charge on any atom is 0.320 e. The van der Waals surface area contributed by atoms with Gasteiger partial charge in [0.15, 0.2) is 9.84 Å². The first-order valence-electron chi connectivity index (χ1n) is 13.5. The van der Waals surface area contributed by atoms with Crippen LogP contribution in [0.5, 0.6) is 0 Å². The van der Waals surface area contributed by atoms with Crippen LogP contribution in [0.4, 0.5) is 20.8 Å². The SMILES string of the molecule is CS(=O)(=O)c1ccc(F)c(NC(=O)NC(c2ccc(C(=O)Nc3nn[nH]n3)cc2)c2ccc(C3CCCCC3)cc2)c1. The third-order valence-corrected chi connectivity index (χ3v) is 8.42. The number of hydrogen-bond acceptors (Lipinski definition) is 7. The summed E-state index contributed by atoms with van der Waals surface area (Å²) < 4.78 is 38.4. The number of halogens is 1. The van der Waals surface area contributed by atoms with Gasteiger partial charge in [0.25, 0.3) is 11.9 Å². The zero-order valence-corrected chi connectivity index (χ0v) is 23.6. The van der Waals surface area contributed by atoms with E-state index in [2.05, 4.69) is 48.7 Å². The maximum atomic E-state index is 14.5. The molecule has 0 spiro atoms. The van der Waals surface area contributed by atoms with Crippen LogP contribution in [0.15, 0.2) is 71.6 Å². The van der Waals surface area contributed by atoms with Gasteiger partial charge in [0.05, 0.1) is 16.6 Å². The lowest BCUT2D eigenvalue weighted by atomic mass is 9.83. The molecule has 13 heteroatoms. The van der Waals surface area contributed by atoms with Gasteiger partial charge in [-0.2, -0.15) is 5.21 Å². The molecule has 4 N–H and O–H groups in total. The van der Waals surface area contributed by atoms with E-state index < -0.39 is 33.6 Å². The summed E-state index contributed by atoms with van der Waals surface area (Å²) in [6.07, 6.45) is 6.97. The van der Waals surface area contributed by atoms with Gasteiger partial charge in [-0.1, -0.05) is 60.8 Å². The van der Waals surface area contributed by atoms with E-state index in [0.717, 1.165) is 42.9 Å². The Labute approximate surface area is 242 Å². The summed E-state index contributed by atoms with van der Waals surface area (Å²) in [6, 6.07) is 16.5. The summed E-state index contributed by atoms with van der Waals surface area (Å²) in [7, 11) is -3.61. The van der Waals surface area contributed by atoms with Gasteiger partial charge in [0.2, 0.25) is 0 Å². The first-order chi connectivity index (χ1) is 20.2. The Balaban J connectivity index is 1.39. The number of urea groups is 1. The molecule has 42 heavy (non-hydrogen) atoms. The van der Waals surface area contributed by atoms with E-state index in [1.807, 2.05) is 12.1 Å². The van der Waals surface area contributed by atoms with E-state index in [1.165, 1.54) is 24.8 Å². The van der Waals surface area contributed by atoms with Crippen LogP contribution < -0.4 is 16.0 Å². The van der Waals surface area contributed by atoms with E-state index in [1.54, 1.807) is 24.3 Å². The van der Waals surface area contributed by atoms with Crippen LogP contribution in [0.25, 0.3) is 0 Å². The number of carbonyl (C=O) groups excluding carboxylic acids is 2. The standard InChI is InChI=1S/C29H30FN7O4S/c1-42(40,41)23-15-16-24(30)25(17-23)31-29(39)32-26(20-9-7-19(8-10-20)18-5-3-2-4-6-18)21-11-13-22(14-12-21)27(38)33-28-34-36-37-35-28/h7-18,26H,2-6H2,1H3,(H2,31,32,39)(H2,33,34,35,36,37,38). The van der Waals surface area contributed by atoms with E-state index in [0.29, 0.717) is 17.0 Å². The molecule has 0 radical (unpaired) electrons. The molecule has 11 nitrogen and oxygen atoms in total. The Kier molecular flexibility index (Phi) is 8.57. The van der Waals surface area contributed by atoms with E-state index in [9.17, 15) is 22.4 Å². The molecular weight excluding hydrogens is 561 g/mol. The van der Waals surface area contributed by atoms with Crippen LogP contribution in [0.1, 0.15) is 71.1 Å². The van der Waals surface area contributed by atoms with E-state index in [4.69, 9.17) is 0 Å². The maximum absolute atomic E-state index is 14.5. The molecule has 4 aromatic rings. The van der Waals surface area contributed by atoms with Crippen molar-refractivity contribution in [2.75, 3.05) is 16.9 Å².